The molecule has 0 aliphatic heterocycles. The number of aryl methyl sites for hydroxylation is 2. The number of halogens is 1. The summed E-state index contributed by atoms with van der Waals surface area (Å²) in [4.78, 5) is 14.6. The van der Waals surface area contributed by atoms with Gasteiger partial charge in [0.2, 0.25) is 5.91 Å². The Bertz CT molecular complexity index is 707. The minimum absolute atomic E-state index is 0.00646. The van der Waals surface area contributed by atoms with Crippen LogP contribution in [-0.2, 0) is 17.6 Å². The van der Waals surface area contributed by atoms with E-state index in [1.165, 1.54) is 11.1 Å². The maximum atomic E-state index is 12.6. The molecule has 1 unspecified atom stereocenters. The van der Waals surface area contributed by atoms with Crippen LogP contribution in [0.2, 0.25) is 5.02 Å². The Hall–Kier alpha value is -1.84. The van der Waals surface area contributed by atoms with Crippen molar-refractivity contribution in [2.75, 3.05) is 18.9 Å². The summed E-state index contributed by atoms with van der Waals surface area (Å²) < 4.78 is 0. The lowest BCUT2D eigenvalue weighted by Gasteiger charge is -2.25. The summed E-state index contributed by atoms with van der Waals surface area (Å²) in [5, 5.41) is 3.84. The van der Waals surface area contributed by atoms with Crippen molar-refractivity contribution >= 4 is 23.2 Å². The second-order valence-corrected chi connectivity index (χ2v) is 6.79. The van der Waals surface area contributed by atoms with Crippen LogP contribution in [-0.4, -0.2) is 24.4 Å². The van der Waals surface area contributed by atoms with E-state index in [4.69, 9.17) is 11.6 Å². The summed E-state index contributed by atoms with van der Waals surface area (Å²) in [6.45, 7) is 6.63. The SMILES string of the molecule is CCc1cccc(CC)c1NC(=O)CN(C)C(C)c1cccc(Cl)c1. The number of carbonyl (C=O) groups excluding carboxylic acids is 1. The zero-order valence-electron chi connectivity index (χ0n) is 15.5. The number of hydrogen-bond donors (Lipinski definition) is 1. The summed E-state index contributed by atoms with van der Waals surface area (Å²) in [6, 6.07) is 14.1. The van der Waals surface area contributed by atoms with Crippen LogP contribution in [0, 0.1) is 0 Å². The zero-order valence-corrected chi connectivity index (χ0v) is 16.2. The van der Waals surface area contributed by atoms with Gasteiger partial charge < -0.3 is 5.32 Å². The highest BCUT2D eigenvalue weighted by atomic mass is 35.5. The molecule has 1 atom stereocenters. The molecular weight excluding hydrogens is 332 g/mol. The van der Waals surface area contributed by atoms with Crippen LogP contribution in [0.3, 0.4) is 0 Å². The molecule has 2 aromatic rings. The van der Waals surface area contributed by atoms with Gasteiger partial charge in [-0.15, -0.1) is 0 Å². The van der Waals surface area contributed by atoms with E-state index in [1.54, 1.807) is 0 Å². The van der Waals surface area contributed by atoms with E-state index in [9.17, 15) is 4.79 Å². The molecule has 0 aliphatic carbocycles. The van der Waals surface area contributed by atoms with Crippen molar-refractivity contribution in [1.29, 1.82) is 0 Å². The highest BCUT2D eigenvalue weighted by Gasteiger charge is 2.17. The number of nitrogens with zero attached hydrogens (tertiary/aromatic N) is 1. The first-order chi connectivity index (χ1) is 12.0. The molecule has 2 aromatic carbocycles. The molecule has 0 aliphatic rings. The summed E-state index contributed by atoms with van der Waals surface area (Å²) in [5.74, 6) is 0.00646. The molecule has 2 rings (SSSR count). The van der Waals surface area contributed by atoms with Crippen LogP contribution in [0.25, 0.3) is 0 Å². The molecular formula is C21H27ClN2O. The van der Waals surface area contributed by atoms with Crippen LogP contribution in [0.15, 0.2) is 42.5 Å². The Balaban J connectivity index is 2.07. The second kappa shape index (κ2) is 9.02. The van der Waals surface area contributed by atoms with Gasteiger partial charge in [-0.3, -0.25) is 9.69 Å². The third-order valence-corrected chi connectivity index (χ3v) is 4.88. The van der Waals surface area contributed by atoms with Crippen molar-refractivity contribution < 1.29 is 4.79 Å². The topological polar surface area (TPSA) is 32.3 Å². The maximum absolute atomic E-state index is 12.6. The number of nitrogens with one attached hydrogen (secondary N) is 1. The number of likely N-dealkylation sites (N-methyl/N-ethyl adjacent to an activating group) is 1. The van der Waals surface area contributed by atoms with Crippen molar-refractivity contribution in [3.05, 3.63) is 64.2 Å². The molecule has 1 N–H and O–H groups in total. The van der Waals surface area contributed by atoms with Crippen LogP contribution in [0.5, 0.6) is 0 Å². The van der Waals surface area contributed by atoms with E-state index in [2.05, 4.69) is 44.3 Å². The molecule has 3 nitrogen and oxygen atoms in total. The molecule has 0 radical (unpaired) electrons. The standard InChI is InChI=1S/C21H27ClN2O/c1-5-16-9-7-10-17(6-2)21(16)23-20(25)14-24(4)15(3)18-11-8-12-19(22)13-18/h7-13,15H,5-6,14H2,1-4H3,(H,23,25). The fraction of sp³-hybridized carbons (Fsp3) is 0.381. The van der Waals surface area contributed by atoms with Gasteiger partial charge in [0.25, 0.3) is 0 Å². The maximum Gasteiger partial charge on any atom is 0.238 e. The van der Waals surface area contributed by atoms with Crippen LogP contribution < -0.4 is 5.32 Å². The summed E-state index contributed by atoms with van der Waals surface area (Å²) in [7, 11) is 1.96. The van der Waals surface area contributed by atoms with E-state index in [0.29, 0.717) is 11.6 Å². The lowest BCUT2D eigenvalue weighted by Crippen LogP contribution is -2.32. The van der Waals surface area contributed by atoms with Crippen molar-refractivity contribution in [3.8, 4) is 0 Å². The highest BCUT2D eigenvalue weighted by molar-refractivity contribution is 6.30. The number of benzene rings is 2. The monoisotopic (exact) mass is 358 g/mol. The number of carbonyl (C=O) groups is 1. The fourth-order valence-corrected chi connectivity index (χ4v) is 3.17. The Morgan fingerprint density at radius 1 is 1.12 bits per heavy atom. The lowest BCUT2D eigenvalue weighted by molar-refractivity contribution is -0.117. The van der Waals surface area contributed by atoms with Crippen molar-refractivity contribution in [1.82, 2.24) is 4.90 Å². The Morgan fingerprint density at radius 2 is 1.72 bits per heavy atom. The molecule has 4 heteroatoms. The molecule has 0 bridgehead atoms. The number of para-hydroxylation sites is 1. The quantitative estimate of drug-likeness (QED) is 0.747. The lowest BCUT2D eigenvalue weighted by atomic mass is 10.0. The molecule has 0 fully saturated rings. The third-order valence-electron chi connectivity index (χ3n) is 4.65. The van der Waals surface area contributed by atoms with E-state index >= 15 is 0 Å². The average molecular weight is 359 g/mol. The molecule has 0 saturated heterocycles. The second-order valence-electron chi connectivity index (χ2n) is 6.35. The first-order valence-corrected chi connectivity index (χ1v) is 9.20. The van der Waals surface area contributed by atoms with Gasteiger partial charge >= 0.3 is 0 Å². The van der Waals surface area contributed by atoms with E-state index < -0.39 is 0 Å². The zero-order chi connectivity index (χ0) is 18.4. The smallest absolute Gasteiger partial charge is 0.238 e. The van der Waals surface area contributed by atoms with Crippen molar-refractivity contribution in [2.45, 2.75) is 39.7 Å². The van der Waals surface area contributed by atoms with Gasteiger partial charge in [-0.2, -0.15) is 0 Å². The molecule has 0 heterocycles. The van der Waals surface area contributed by atoms with E-state index in [1.807, 2.05) is 36.2 Å². The molecule has 0 spiro atoms. The van der Waals surface area contributed by atoms with Gasteiger partial charge in [0, 0.05) is 16.8 Å². The number of anilines is 1. The predicted octanol–water partition coefficient (Wildman–Crippen LogP) is 5.10. The molecule has 1 amide bonds. The van der Waals surface area contributed by atoms with Crippen LogP contribution >= 0.6 is 11.6 Å². The molecule has 25 heavy (non-hydrogen) atoms. The average Bonchev–Trinajstić information content (AvgIpc) is 2.61. The summed E-state index contributed by atoms with van der Waals surface area (Å²) >= 11 is 6.08. The Kier molecular flexibility index (Phi) is 7.03. The van der Waals surface area contributed by atoms with Crippen LogP contribution in [0.4, 0.5) is 5.69 Å². The number of amides is 1. The van der Waals surface area contributed by atoms with E-state index in [0.717, 1.165) is 24.1 Å². The summed E-state index contributed by atoms with van der Waals surface area (Å²) in [6.07, 6.45) is 1.80. The van der Waals surface area contributed by atoms with Gasteiger partial charge in [-0.05, 0) is 55.6 Å². The third kappa shape index (κ3) is 5.07. The van der Waals surface area contributed by atoms with Gasteiger partial charge in [-0.25, -0.2) is 0 Å². The van der Waals surface area contributed by atoms with Crippen LogP contribution in [0.1, 0.15) is 43.5 Å². The van der Waals surface area contributed by atoms with E-state index in [-0.39, 0.29) is 11.9 Å². The first kappa shape index (κ1) is 19.5. The van der Waals surface area contributed by atoms with Crippen molar-refractivity contribution in [2.24, 2.45) is 0 Å². The summed E-state index contributed by atoms with van der Waals surface area (Å²) in [5.41, 5.74) is 4.43. The van der Waals surface area contributed by atoms with Gasteiger partial charge in [0.1, 0.15) is 0 Å². The molecule has 0 aromatic heterocycles. The minimum atomic E-state index is 0.00646. The number of hydrogen-bond acceptors (Lipinski definition) is 2. The number of rotatable bonds is 7. The largest absolute Gasteiger partial charge is 0.324 e. The van der Waals surface area contributed by atoms with Gasteiger partial charge in [0.05, 0.1) is 6.54 Å². The Labute approximate surface area is 156 Å². The van der Waals surface area contributed by atoms with Gasteiger partial charge in [-0.1, -0.05) is 55.8 Å². The molecule has 134 valence electrons. The Morgan fingerprint density at radius 3 is 2.28 bits per heavy atom. The normalized spacial score (nSPS) is 12.2. The molecule has 0 saturated carbocycles. The highest BCUT2D eigenvalue weighted by Crippen LogP contribution is 2.24. The first-order valence-electron chi connectivity index (χ1n) is 8.82. The van der Waals surface area contributed by atoms with Gasteiger partial charge in [0.15, 0.2) is 0 Å². The minimum Gasteiger partial charge on any atom is -0.324 e. The van der Waals surface area contributed by atoms with Crippen molar-refractivity contribution in [3.63, 3.8) is 0 Å². The predicted molar refractivity (Wildman–Crippen MR) is 106 cm³/mol. The fourth-order valence-electron chi connectivity index (χ4n) is 2.97.